The summed E-state index contributed by atoms with van der Waals surface area (Å²) >= 11 is 0. The van der Waals surface area contributed by atoms with Crippen molar-refractivity contribution in [2.24, 2.45) is 17.8 Å². The second-order valence-electron chi connectivity index (χ2n) is 3.66. The number of piperidine rings is 1. The van der Waals surface area contributed by atoms with Crippen LogP contribution in [-0.4, -0.2) is 13.1 Å². The molecule has 1 heteroatoms. The average Bonchev–Trinajstić information content (AvgIpc) is 1.95. The number of hydrogen-bond acceptors (Lipinski definition) is 1. The lowest BCUT2D eigenvalue weighted by Gasteiger charge is -2.34. The Morgan fingerprint density at radius 2 is 2.00 bits per heavy atom. The Hall–Kier alpha value is -0.0400. The molecule has 0 aliphatic carbocycles. The van der Waals surface area contributed by atoms with Crippen LogP contribution < -0.4 is 5.32 Å². The maximum Gasteiger partial charge on any atom is -0.00178 e. The van der Waals surface area contributed by atoms with Crippen molar-refractivity contribution in [3.63, 3.8) is 0 Å². The number of rotatable bonds is 1. The van der Waals surface area contributed by atoms with Crippen molar-refractivity contribution in [3.8, 4) is 0 Å². The van der Waals surface area contributed by atoms with Crippen LogP contribution in [0.1, 0.15) is 27.2 Å². The predicted octanol–water partition coefficient (Wildman–Crippen LogP) is 1.89. The van der Waals surface area contributed by atoms with E-state index in [-0.39, 0.29) is 0 Å². The lowest BCUT2D eigenvalue weighted by Crippen LogP contribution is -2.40. The van der Waals surface area contributed by atoms with E-state index >= 15 is 0 Å². The molecule has 0 aromatic rings. The first kappa shape index (κ1) is 8.06. The van der Waals surface area contributed by atoms with Gasteiger partial charge in [-0.05, 0) is 30.8 Å². The van der Waals surface area contributed by atoms with Gasteiger partial charge in [-0.3, -0.25) is 0 Å². The topological polar surface area (TPSA) is 12.0 Å². The minimum atomic E-state index is 0.874. The third-order valence-electron chi connectivity index (χ3n) is 3.04. The second-order valence-corrected chi connectivity index (χ2v) is 3.66. The second kappa shape index (κ2) is 3.38. The Morgan fingerprint density at radius 1 is 1.30 bits per heavy atom. The summed E-state index contributed by atoms with van der Waals surface area (Å²) in [6.45, 7) is 9.49. The maximum absolute atomic E-state index is 3.47. The minimum Gasteiger partial charge on any atom is -0.316 e. The van der Waals surface area contributed by atoms with Gasteiger partial charge in [0.1, 0.15) is 0 Å². The molecular weight excluding hydrogens is 122 g/mol. The highest BCUT2D eigenvalue weighted by Crippen LogP contribution is 2.25. The van der Waals surface area contributed by atoms with E-state index in [1.807, 2.05) is 0 Å². The molecule has 1 saturated heterocycles. The molecule has 0 bridgehead atoms. The van der Waals surface area contributed by atoms with Gasteiger partial charge in [-0.15, -0.1) is 0 Å². The molecule has 3 unspecified atom stereocenters. The van der Waals surface area contributed by atoms with Gasteiger partial charge in [-0.1, -0.05) is 27.2 Å². The summed E-state index contributed by atoms with van der Waals surface area (Å²) in [6, 6.07) is 0. The molecular formula is C9H19N. The Bertz CT molecular complexity index is 101. The van der Waals surface area contributed by atoms with Gasteiger partial charge < -0.3 is 5.32 Å². The van der Waals surface area contributed by atoms with E-state index in [0.717, 1.165) is 17.8 Å². The van der Waals surface area contributed by atoms with Crippen LogP contribution in [0.2, 0.25) is 0 Å². The molecule has 0 aromatic carbocycles. The van der Waals surface area contributed by atoms with Crippen molar-refractivity contribution < 1.29 is 0 Å². The van der Waals surface area contributed by atoms with Crippen LogP contribution in [0.15, 0.2) is 0 Å². The predicted molar refractivity (Wildman–Crippen MR) is 45.0 cm³/mol. The van der Waals surface area contributed by atoms with Crippen molar-refractivity contribution in [2.75, 3.05) is 13.1 Å². The summed E-state index contributed by atoms with van der Waals surface area (Å²) in [7, 11) is 0. The first-order valence-corrected chi connectivity index (χ1v) is 4.46. The van der Waals surface area contributed by atoms with Crippen LogP contribution >= 0.6 is 0 Å². The summed E-state index contributed by atoms with van der Waals surface area (Å²) in [5.74, 6) is 2.72. The smallest absolute Gasteiger partial charge is 0.00178 e. The zero-order chi connectivity index (χ0) is 7.56. The van der Waals surface area contributed by atoms with E-state index in [2.05, 4.69) is 26.1 Å². The van der Waals surface area contributed by atoms with Crippen LogP contribution in [0, 0.1) is 17.8 Å². The molecule has 0 amide bonds. The molecule has 60 valence electrons. The van der Waals surface area contributed by atoms with Gasteiger partial charge in [0.2, 0.25) is 0 Å². The lowest BCUT2D eigenvalue weighted by atomic mass is 9.79. The van der Waals surface area contributed by atoms with Crippen molar-refractivity contribution in [1.82, 2.24) is 5.32 Å². The Balaban J connectivity index is 2.42. The summed E-state index contributed by atoms with van der Waals surface area (Å²) in [4.78, 5) is 0. The molecule has 1 rings (SSSR count). The Kier molecular flexibility index (Phi) is 2.72. The van der Waals surface area contributed by atoms with Crippen LogP contribution in [0.4, 0.5) is 0 Å². The number of hydrogen-bond donors (Lipinski definition) is 1. The van der Waals surface area contributed by atoms with E-state index in [4.69, 9.17) is 0 Å². The molecule has 1 aliphatic heterocycles. The van der Waals surface area contributed by atoms with Gasteiger partial charge in [0.05, 0.1) is 0 Å². The molecule has 1 nitrogen and oxygen atoms in total. The van der Waals surface area contributed by atoms with Gasteiger partial charge in [0.25, 0.3) is 0 Å². The van der Waals surface area contributed by atoms with E-state index in [1.54, 1.807) is 0 Å². The van der Waals surface area contributed by atoms with Gasteiger partial charge >= 0.3 is 0 Å². The minimum absolute atomic E-state index is 0.874. The molecule has 0 radical (unpaired) electrons. The fourth-order valence-electron chi connectivity index (χ4n) is 1.85. The normalized spacial score (nSPS) is 41.7. The Labute approximate surface area is 64.2 Å². The van der Waals surface area contributed by atoms with Crippen LogP contribution in [-0.2, 0) is 0 Å². The third kappa shape index (κ3) is 1.51. The van der Waals surface area contributed by atoms with Gasteiger partial charge in [-0.2, -0.15) is 0 Å². The first-order chi connectivity index (χ1) is 4.75. The first-order valence-electron chi connectivity index (χ1n) is 4.46. The summed E-state index contributed by atoms with van der Waals surface area (Å²) in [5, 5.41) is 3.47. The molecule has 1 fully saturated rings. The number of nitrogens with one attached hydrogen (secondary N) is 1. The van der Waals surface area contributed by atoms with Crippen LogP contribution in [0.3, 0.4) is 0 Å². The molecule has 1 aliphatic rings. The van der Waals surface area contributed by atoms with Crippen molar-refractivity contribution in [3.05, 3.63) is 0 Å². The SMILES string of the molecule is CCC1CNCC(C)C1C. The fraction of sp³-hybridized carbons (Fsp3) is 1.00. The van der Waals surface area contributed by atoms with E-state index in [1.165, 1.54) is 19.5 Å². The molecule has 0 spiro atoms. The van der Waals surface area contributed by atoms with Gasteiger partial charge in [-0.25, -0.2) is 0 Å². The quantitative estimate of drug-likeness (QED) is 0.588. The van der Waals surface area contributed by atoms with Crippen LogP contribution in [0.25, 0.3) is 0 Å². The molecule has 1 N–H and O–H groups in total. The monoisotopic (exact) mass is 141 g/mol. The molecule has 0 aromatic heterocycles. The third-order valence-corrected chi connectivity index (χ3v) is 3.04. The zero-order valence-electron chi connectivity index (χ0n) is 7.35. The molecule has 0 saturated carbocycles. The highest BCUT2D eigenvalue weighted by atomic mass is 14.9. The van der Waals surface area contributed by atoms with Gasteiger partial charge in [0, 0.05) is 0 Å². The molecule has 3 atom stereocenters. The van der Waals surface area contributed by atoms with Gasteiger partial charge in [0.15, 0.2) is 0 Å². The van der Waals surface area contributed by atoms with E-state index in [0.29, 0.717) is 0 Å². The lowest BCUT2D eigenvalue weighted by molar-refractivity contribution is 0.196. The fourth-order valence-corrected chi connectivity index (χ4v) is 1.85. The van der Waals surface area contributed by atoms with Crippen molar-refractivity contribution in [1.29, 1.82) is 0 Å². The van der Waals surface area contributed by atoms with Crippen molar-refractivity contribution in [2.45, 2.75) is 27.2 Å². The largest absolute Gasteiger partial charge is 0.316 e. The maximum atomic E-state index is 3.47. The average molecular weight is 141 g/mol. The molecule has 1 heterocycles. The highest BCUT2D eigenvalue weighted by molar-refractivity contribution is 4.78. The van der Waals surface area contributed by atoms with Crippen molar-refractivity contribution >= 4 is 0 Å². The summed E-state index contributed by atoms with van der Waals surface area (Å²) in [5.41, 5.74) is 0. The van der Waals surface area contributed by atoms with Crippen LogP contribution in [0.5, 0.6) is 0 Å². The highest BCUT2D eigenvalue weighted by Gasteiger charge is 2.24. The van der Waals surface area contributed by atoms with E-state index < -0.39 is 0 Å². The molecule has 10 heavy (non-hydrogen) atoms. The van der Waals surface area contributed by atoms with E-state index in [9.17, 15) is 0 Å². The summed E-state index contributed by atoms with van der Waals surface area (Å²) < 4.78 is 0. The standard InChI is InChI=1S/C9H19N/c1-4-9-6-10-5-7(2)8(9)3/h7-10H,4-6H2,1-3H3. The Morgan fingerprint density at radius 3 is 2.50 bits per heavy atom. The summed E-state index contributed by atoms with van der Waals surface area (Å²) in [6.07, 6.45) is 1.33. The zero-order valence-corrected chi connectivity index (χ0v) is 7.35.